The Morgan fingerprint density at radius 1 is 1.17 bits per heavy atom. The SMILES string of the molecule is CC12C[C@H]3C[C@@H](C1)CC(N)(C3)O2. The third-order valence-electron chi connectivity index (χ3n) is 3.83. The molecule has 4 rings (SSSR count). The lowest BCUT2D eigenvalue weighted by atomic mass is 9.61. The lowest BCUT2D eigenvalue weighted by Gasteiger charge is -2.59. The highest BCUT2D eigenvalue weighted by Crippen LogP contribution is 2.55. The zero-order valence-corrected chi connectivity index (χ0v) is 7.68. The van der Waals surface area contributed by atoms with Crippen LogP contribution in [0.4, 0.5) is 0 Å². The molecule has 2 saturated carbocycles. The summed E-state index contributed by atoms with van der Waals surface area (Å²) in [6.07, 6.45) is 6.14. The van der Waals surface area contributed by atoms with E-state index in [1.165, 1.54) is 19.3 Å². The van der Waals surface area contributed by atoms with Crippen molar-refractivity contribution < 1.29 is 4.74 Å². The van der Waals surface area contributed by atoms with Gasteiger partial charge in [0.2, 0.25) is 0 Å². The summed E-state index contributed by atoms with van der Waals surface area (Å²) in [5, 5.41) is 0. The Morgan fingerprint density at radius 2 is 1.75 bits per heavy atom. The molecule has 68 valence electrons. The third kappa shape index (κ3) is 0.882. The molecule has 4 fully saturated rings. The van der Waals surface area contributed by atoms with E-state index < -0.39 is 0 Å². The van der Waals surface area contributed by atoms with Gasteiger partial charge >= 0.3 is 0 Å². The Kier molecular flexibility index (Phi) is 1.15. The van der Waals surface area contributed by atoms with Gasteiger partial charge in [0.05, 0.1) is 5.60 Å². The van der Waals surface area contributed by atoms with Crippen molar-refractivity contribution >= 4 is 0 Å². The quantitative estimate of drug-likeness (QED) is 0.595. The first-order valence-electron chi connectivity index (χ1n) is 5.06. The molecule has 0 spiro atoms. The molecule has 0 amide bonds. The number of hydrogen-bond acceptors (Lipinski definition) is 2. The summed E-state index contributed by atoms with van der Waals surface area (Å²) in [5.74, 6) is 1.72. The maximum absolute atomic E-state index is 6.18. The van der Waals surface area contributed by atoms with Gasteiger partial charge in [0.25, 0.3) is 0 Å². The van der Waals surface area contributed by atoms with E-state index in [1.54, 1.807) is 0 Å². The van der Waals surface area contributed by atoms with Crippen molar-refractivity contribution in [3.63, 3.8) is 0 Å². The Bertz CT molecular complexity index is 192. The monoisotopic (exact) mass is 167 g/mol. The van der Waals surface area contributed by atoms with E-state index in [-0.39, 0.29) is 11.3 Å². The standard InChI is InChI=1S/C10H17NO/c1-9-3-7-2-8(4-9)6-10(11,5-7)12-9/h7-8H,2-6,11H2,1H3/t7-,8+,9?,10?. The molecule has 2 heterocycles. The van der Waals surface area contributed by atoms with Crippen LogP contribution < -0.4 is 5.73 Å². The second-order valence-electron chi connectivity index (χ2n) is 5.40. The van der Waals surface area contributed by atoms with E-state index in [2.05, 4.69) is 6.92 Å². The van der Waals surface area contributed by atoms with Crippen molar-refractivity contribution in [1.82, 2.24) is 0 Å². The van der Waals surface area contributed by atoms with E-state index in [1.807, 2.05) is 0 Å². The van der Waals surface area contributed by atoms with Crippen molar-refractivity contribution in [1.29, 1.82) is 0 Å². The van der Waals surface area contributed by atoms with Crippen LogP contribution >= 0.6 is 0 Å². The molecule has 0 aromatic rings. The lowest BCUT2D eigenvalue weighted by Crippen LogP contribution is -2.64. The average Bonchev–Trinajstić information content (AvgIpc) is 1.75. The van der Waals surface area contributed by atoms with Crippen molar-refractivity contribution in [2.75, 3.05) is 0 Å². The fourth-order valence-electron chi connectivity index (χ4n) is 3.97. The average molecular weight is 167 g/mol. The molecule has 0 radical (unpaired) electrons. The molecule has 0 aromatic heterocycles. The molecular formula is C10H17NO. The van der Waals surface area contributed by atoms with Gasteiger partial charge < -0.3 is 10.5 Å². The van der Waals surface area contributed by atoms with Gasteiger partial charge in [0, 0.05) is 0 Å². The summed E-state index contributed by atoms with van der Waals surface area (Å²) in [6.45, 7) is 2.24. The topological polar surface area (TPSA) is 35.2 Å². The molecule has 4 atom stereocenters. The zero-order chi connectivity index (χ0) is 8.40. The van der Waals surface area contributed by atoms with Crippen LogP contribution in [0.5, 0.6) is 0 Å². The first-order valence-corrected chi connectivity index (χ1v) is 5.06. The molecule has 4 aliphatic rings. The lowest BCUT2D eigenvalue weighted by molar-refractivity contribution is -0.264. The number of hydrogen-bond donors (Lipinski definition) is 1. The van der Waals surface area contributed by atoms with Gasteiger partial charge in [-0.1, -0.05) is 0 Å². The minimum absolute atomic E-state index is 0.138. The molecule has 2 aliphatic heterocycles. The van der Waals surface area contributed by atoms with Gasteiger partial charge in [-0.25, -0.2) is 0 Å². The molecule has 2 unspecified atom stereocenters. The predicted octanol–water partition coefficient (Wildman–Crippen LogP) is 1.64. The summed E-state index contributed by atoms with van der Waals surface area (Å²) >= 11 is 0. The molecule has 12 heavy (non-hydrogen) atoms. The van der Waals surface area contributed by atoms with Crippen molar-refractivity contribution in [3.8, 4) is 0 Å². The number of nitrogens with two attached hydrogens (primary N) is 1. The normalized spacial score (nSPS) is 62.5. The first kappa shape index (κ1) is 7.34. The summed E-state index contributed by atoms with van der Waals surface area (Å²) in [4.78, 5) is 0. The molecule has 2 aliphatic carbocycles. The van der Waals surface area contributed by atoms with Crippen molar-refractivity contribution in [2.24, 2.45) is 17.6 Å². The van der Waals surface area contributed by atoms with Gasteiger partial charge in [-0.15, -0.1) is 0 Å². The second-order valence-corrected chi connectivity index (χ2v) is 5.40. The highest BCUT2D eigenvalue weighted by atomic mass is 16.5. The highest BCUT2D eigenvalue weighted by Gasteiger charge is 2.55. The predicted molar refractivity (Wildman–Crippen MR) is 46.5 cm³/mol. The van der Waals surface area contributed by atoms with Crippen LogP contribution in [0, 0.1) is 11.8 Å². The van der Waals surface area contributed by atoms with Crippen molar-refractivity contribution in [3.05, 3.63) is 0 Å². The maximum atomic E-state index is 6.18. The number of ether oxygens (including phenoxy) is 1. The first-order chi connectivity index (χ1) is 5.57. The highest BCUT2D eigenvalue weighted by molar-refractivity contribution is 5.04. The zero-order valence-electron chi connectivity index (χ0n) is 7.68. The number of rotatable bonds is 0. The summed E-state index contributed by atoms with van der Waals surface area (Å²) < 4.78 is 5.98. The summed E-state index contributed by atoms with van der Waals surface area (Å²) in [7, 11) is 0. The summed E-state index contributed by atoms with van der Waals surface area (Å²) in [5.41, 5.74) is 6.08. The van der Waals surface area contributed by atoms with Crippen LogP contribution in [0.1, 0.15) is 39.0 Å². The molecule has 2 nitrogen and oxygen atoms in total. The molecule has 0 aromatic carbocycles. The minimum Gasteiger partial charge on any atom is -0.355 e. The van der Waals surface area contributed by atoms with Crippen molar-refractivity contribution in [2.45, 2.75) is 50.4 Å². The van der Waals surface area contributed by atoms with E-state index in [0.717, 1.165) is 24.7 Å². The largest absolute Gasteiger partial charge is 0.355 e. The Morgan fingerprint density at radius 3 is 2.17 bits per heavy atom. The van der Waals surface area contributed by atoms with E-state index in [4.69, 9.17) is 10.5 Å². The smallest absolute Gasteiger partial charge is 0.118 e. The second kappa shape index (κ2) is 1.88. The van der Waals surface area contributed by atoms with Crippen LogP contribution in [0.25, 0.3) is 0 Å². The Hall–Kier alpha value is -0.0800. The summed E-state index contributed by atoms with van der Waals surface area (Å²) in [6, 6.07) is 0. The van der Waals surface area contributed by atoms with Crippen LogP contribution in [0.2, 0.25) is 0 Å². The van der Waals surface area contributed by atoms with Crippen LogP contribution in [-0.2, 0) is 4.74 Å². The van der Waals surface area contributed by atoms with Gasteiger partial charge in [-0.3, -0.25) is 0 Å². The van der Waals surface area contributed by atoms with Crippen LogP contribution in [0.3, 0.4) is 0 Å². The minimum atomic E-state index is -0.237. The van der Waals surface area contributed by atoms with Crippen LogP contribution in [0.15, 0.2) is 0 Å². The van der Waals surface area contributed by atoms with E-state index in [9.17, 15) is 0 Å². The Labute approximate surface area is 73.5 Å². The molecular weight excluding hydrogens is 150 g/mol. The van der Waals surface area contributed by atoms with E-state index in [0.29, 0.717) is 0 Å². The fourth-order valence-corrected chi connectivity index (χ4v) is 3.97. The Balaban J connectivity index is 1.98. The van der Waals surface area contributed by atoms with Crippen LogP contribution in [-0.4, -0.2) is 11.3 Å². The van der Waals surface area contributed by atoms with Gasteiger partial charge in [-0.05, 0) is 50.9 Å². The molecule has 2 saturated heterocycles. The molecule has 2 heteroatoms. The van der Waals surface area contributed by atoms with E-state index >= 15 is 0 Å². The van der Waals surface area contributed by atoms with Gasteiger partial charge in [-0.2, -0.15) is 0 Å². The fraction of sp³-hybridized carbons (Fsp3) is 1.00. The third-order valence-corrected chi connectivity index (χ3v) is 3.83. The van der Waals surface area contributed by atoms with Gasteiger partial charge in [0.15, 0.2) is 0 Å². The maximum Gasteiger partial charge on any atom is 0.118 e. The van der Waals surface area contributed by atoms with Gasteiger partial charge in [0.1, 0.15) is 5.72 Å². The molecule has 4 bridgehead atoms. The molecule has 2 N–H and O–H groups in total.